The van der Waals surface area contributed by atoms with Crippen LogP contribution >= 0.6 is 0 Å². The van der Waals surface area contributed by atoms with Gasteiger partial charge in [-0.1, -0.05) is 24.1 Å². The fraction of sp³-hybridized carbons (Fsp3) is 0.345. The maximum atomic E-state index is 13.8. The Balaban J connectivity index is 1.68. The lowest BCUT2D eigenvalue weighted by atomic mass is 10.2. The number of rotatable bonds is 11. The first-order valence-corrected chi connectivity index (χ1v) is 16.2. The van der Waals surface area contributed by atoms with Crippen molar-refractivity contribution < 1.29 is 35.8 Å². The number of carbonyl (C=O) groups excluding carboxylic acids is 1. The van der Waals surface area contributed by atoms with E-state index < -0.39 is 32.5 Å². The number of methoxy groups -OCH3 is 3. The number of amides is 1. The van der Waals surface area contributed by atoms with Crippen molar-refractivity contribution in [2.75, 3.05) is 50.6 Å². The van der Waals surface area contributed by atoms with Gasteiger partial charge in [-0.2, -0.15) is 4.31 Å². The maximum Gasteiger partial charge on any atom is 0.264 e. The molecular formula is C29H35N3O8S2. The summed E-state index contributed by atoms with van der Waals surface area (Å²) in [5.41, 5.74) is 1.22. The number of nitrogens with zero attached hydrogens (tertiary/aromatic N) is 2. The number of nitrogens with one attached hydrogen (secondary N) is 1. The van der Waals surface area contributed by atoms with Crippen LogP contribution in [0, 0.1) is 6.92 Å². The number of piperidine rings is 1. The summed E-state index contributed by atoms with van der Waals surface area (Å²) in [4.78, 5) is 13.3. The van der Waals surface area contributed by atoms with Gasteiger partial charge >= 0.3 is 0 Å². The van der Waals surface area contributed by atoms with Gasteiger partial charge in [0.05, 0.1) is 31.9 Å². The van der Waals surface area contributed by atoms with Crippen LogP contribution in [0.3, 0.4) is 0 Å². The molecule has 1 N–H and O–H groups in total. The van der Waals surface area contributed by atoms with Gasteiger partial charge in [0.1, 0.15) is 17.2 Å². The third-order valence-corrected chi connectivity index (χ3v) is 10.6. The Labute approximate surface area is 247 Å². The SMILES string of the molecule is COc1ccc(N(CC(=O)Nc2ccc(OC)c(S(=O)(=O)N3CCCCC3)c2)S(=O)(=O)c2ccc(C)cc2)cc1OC. The summed E-state index contributed by atoms with van der Waals surface area (Å²) in [5, 5.41) is 2.65. The minimum atomic E-state index is -4.21. The molecule has 1 aliphatic rings. The number of anilines is 2. The Hall–Kier alpha value is -3.81. The fourth-order valence-electron chi connectivity index (χ4n) is 4.66. The normalized spacial score (nSPS) is 14.2. The lowest BCUT2D eigenvalue weighted by Gasteiger charge is -2.27. The highest BCUT2D eigenvalue weighted by molar-refractivity contribution is 7.92. The first-order valence-electron chi connectivity index (χ1n) is 13.3. The molecule has 0 bridgehead atoms. The van der Waals surface area contributed by atoms with E-state index in [0.717, 1.165) is 29.1 Å². The molecule has 11 nitrogen and oxygen atoms in total. The highest BCUT2D eigenvalue weighted by atomic mass is 32.2. The van der Waals surface area contributed by atoms with E-state index in [1.165, 1.54) is 68.1 Å². The van der Waals surface area contributed by atoms with Crippen LogP contribution in [0.2, 0.25) is 0 Å². The summed E-state index contributed by atoms with van der Waals surface area (Å²) >= 11 is 0. The Bertz CT molecular complexity index is 1640. The average Bonchev–Trinajstić information content (AvgIpc) is 3.00. The maximum absolute atomic E-state index is 13.8. The molecule has 1 aliphatic heterocycles. The predicted molar refractivity (Wildman–Crippen MR) is 159 cm³/mol. The number of ether oxygens (including phenoxy) is 3. The number of hydrogen-bond acceptors (Lipinski definition) is 8. The van der Waals surface area contributed by atoms with E-state index >= 15 is 0 Å². The van der Waals surface area contributed by atoms with Crippen molar-refractivity contribution in [1.29, 1.82) is 0 Å². The molecule has 0 radical (unpaired) electrons. The first-order chi connectivity index (χ1) is 20.0. The lowest BCUT2D eigenvalue weighted by molar-refractivity contribution is -0.114. The van der Waals surface area contributed by atoms with Gasteiger partial charge in [-0.15, -0.1) is 0 Å². The smallest absolute Gasteiger partial charge is 0.264 e. The van der Waals surface area contributed by atoms with Gasteiger partial charge in [0, 0.05) is 24.8 Å². The van der Waals surface area contributed by atoms with Crippen molar-refractivity contribution in [3.05, 3.63) is 66.2 Å². The molecule has 1 saturated heterocycles. The lowest BCUT2D eigenvalue weighted by Crippen LogP contribution is -2.38. The van der Waals surface area contributed by atoms with Gasteiger partial charge in [-0.05, 0) is 62.2 Å². The van der Waals surface area contributed by atoms with E-state index in [-0.39, 0.29) is 32.7 Å². The van der Waals surface area contributed by atoms with E-state index in [0.29, 0.717) is 18.8 Å². The number of hydrogen-bond donors (Lipinski definition) is 1. The van der Waals surface area contributed by atoms with Crippen LogP contribution in [-0.4, -0.2) is 68.0 Å². The van der Waals surface area contributed by atoms with Crippen LogP contribution in [0.15, 0.2) is 70.5 Å². The second kappa shape index (κ2) is 13.0. The van der Waals surface area contributed by atoms with E-state index in [1.54, 1.807) is 18.2 Å². The van der Waals surface area contributed by atoms with Crippen LogP contribution in [0.1, 0.15) is 24.8 Å². The summed E-state index contributed by atoms with van der Waals surface area (Å²) in [6.07, 6.45) is 2.49. The molecule has 0 spiro atoms. The van der Waals surface area contributed by atoms with E-state index in [9.17, 15) is 21.6 Å². The molecule has 226 valence electrons. The molecule has 1 heterocycles. The van der Waals surface area contributed by atoms with Crippen LogP contribution in [-0.2, 0) is 24.8 Å². The molecule has 1 fully saturated rings. The number of benzene rings is 3. The van der Waals surface area contributed by atoms with Gasteiger partial charge in [-0.3, -0.25) is 9.10 Å². The standard InChI is InChI=1S/C29H35N3O8S2/c1-21-8-12-24(13-9-21)41(34,35)32(23-11-15-25(38-2)27(19-23)40-4)20-29(33)30-22-10-14-26(39-3)28(18-22)42(36,37)31-16-6-5-7-17-31/h8-15,18-19H,5-7,16-17,20H2,1-4H3,(H,30,33). The molecule has 0 saturated carbocycles. The van der Waals surface area contributed by atoms with Crippen LogP contribution < -0.4 is 23.8 Å². The zero-order chi connectivity index (χ0) is 30.5. The Kier molecular flexibility index (Phi) is 9.64. The molecular weight excluding hydrogens is 582 g/mol. The van der Waals surface area contributed by atoms with Crippen molar-refractivity contribution >= 4 is 37.3 Å². The second-order valence-corrected chi connectivity index (χ2v) is 13.5. The van der Waals surface area contributed by atoms with Crippen molar-refractivity contribution in [2.45, 2.75) is 36.0 Å². The van der Waals surface area contributed by atoms with Crippen molar-refractivity contribution in [3.63, 3.8) is 0 Å². The van der Waals surface area contributed by atoms with Crippen LogP contribution in [0.4, 0.5) is 11.4 Å². The highest BCUT2D eigenvalue weighted by Gasteiger charge is 2.31. The summed E-state index contributed by atoms with van der Waals surface area (Å²) in [5.74, 6) is 0.126. The topological polar surface area (TPSA) is 132 Å². The Morgan fingerprint density at radius 3 is 2.05 bits per heavy atom. The van der Waals surface area contributed by atoms with Crippen molar-refractivity contribution in [2.24, 2.45) is 0 Å². The second-order valence-electron chi connectivity index (χ2n) is 9.74. The summed E-state index contributed by atoms with van der Waals surface area (Å²) in [7, 11) is -3.83. The van der Waals surface area contributed by atoms with Gasteiger partial charge in [0.15, 0.2) is 11.5 Å². The fourth-order valence-corrected chi connectivity index (χ4v) is 7.78. The molecule has 4 rings (SSSR count). The van der Waals surface area contributed by atoms with Crippen molar-refractivity contribution in [3.8, 4) is 17.2 Å². The zero-order valence-corrected chi connectivity index (χ0v) is 25.6. The Morgan fingerprint density at radius 1 is 0.810 bits per heavy atom. The third kappa shape index (κ3) is 6.63. The van der Waals surface area contributed by atoms with Crippen LogP contribution in [0.5, 0.6) is 17.2 Å². The number of aryl methyl sites for hydroxylation is 1. The largest absolute Gasteiger partial charge is 0.495 e. The van der Waals surface area contributed by atoms with Gasteiger partial charge in [-0.25, -0.2) is 16.8 Å². The number of carbonyl (C=O) groups is 1. The molecule has 0 aromatic heterocycles. The monoisotopic (exact) mass is 617 g/mol. The van der Waals surface area contributed by atoms with Gasteiger partial charge < -0.3 is 19.5 Å². The molecule has 0 aliphatic carbocycles. The molecule has 0 atom stereocenters. The molecule has 1 amide bonds. The first kappa shape index (κ1) is 31.1. The molecule has 3 aromatic carbocycles. The summed E-state index contributed by atoms with van der Waals surface area (Å²) < 4.78 is 72.8. The molecule has 0 unspecified atom stereocenters. The van der Waals surface area contributed by atoms with Gasteiger partial charge in [0.2, 0.25) is 15.9 Å². The summed E-state index contributed by atoms with van der Waals surface area (Å²) in [6.45, 7) is 2.04. The third-order valence-electron chi connectivity index (χ3n) is 6.93. The van der Waals surface area contributed by atoms with E-state index in [4.69, 9.17) is 14.2 Å². The summed E-state index contributed by atoms with van der Waals surface area (Å²) in [6, 6.07) is 15.1. The highest BCUT2D eigenvalue weighted by Crippen LogP contribution is 2.34. The predicted octanol–water partition coefficient (Wildman–Crippen LogP) is 4.03. The molecule has 3 aromatic rings. The zero-order valence-electron chi connectivity index (χ0n) is 24.0. The van der Waals surface area contributed by atoms with Gasteiger partial charge in [0.25, 0.3) is 10.0 Å². The average molecular weight is 618 g/mol. The molecule has 42 heavy (non-hydrogen) atoms. The number of sulfonamides is 2. The minimum absolute atomic E-state index is 0.00459. The minimum Gasteiger partial charge on any atom is -0.495 e. The van der Waals surface area contributed by atoms with Crippen LogP contribution in [0.25, 0.3) is 0 Å². The quantitative estimate of drug-likeness (QED) is 0.341. The van der Waals surface area contributed by atoms with E-state index in [1.807, 2.05) is 6.92 Å². The Morgan fingerprint density at radius 2 is 1.43 bits per heavy atom. The van der Waals surface area contributed by atoms with Crippen molar-refractivity contribution in [1.82, 2.24) is 4.31 Å². The van der Waals surface area contributed by atoms with E-state index in [2.05, 4.69) is 5.32 Å². The molecule has 13 heteroatoms.